The van der Waals surface area contributed by atoms with Crippen LogP contribution >= 0.6 is 0 Å². The van der Waals surface area contributed by atoms with E-state index < -0.39 is 158 Å². The number of aliphatic carboxylic acids is 1. The highest BCUT2D eigenvalue weighted by atomic mass is 16.8. The molecule has 0 aromatic carbocycles. The Labute approximate surface area is 366 Å². The lowest BCUT2D eigenvalue weighted by Gasteiger charge is -2.47. The molecule has 0 spiro atoms. The number of carbonyl (C=O) groups is 9. The number of aliphatic hydroxyl groups excluding tert-OH is 3. The number of hydrogen-bond acceptors (Lipinski definition) is 18. The number of carboxylic acids is 1. The average Bonchev–Trinajstić information content (AvgIpc) is 3.66. The van der Waals surface area contributed by atoms with Gasteiger partial charge in [-0.1, -0.05) is 0 Å². The quantitative estimate of drug-likeness (QED) is 0.0378. The molecule has 15 unspecified atom stereocenters. The summed E-state index contributed by atoms with van der Waals surface area (Å²) >= 11 is 0. The maximum absolute atomic E-state index is 13.5. The number of hydrogen-bond donors (Lipinski definition) is 13. The van der Waals surface area contributed by atoms with Gasteiger partial charge in [0.2, 0.25) is 47.3 Å². The Bertz CT molecular complexity index is 1690. The Balaban J connectivity index is 1.60. The fourth-order valence-corrected chi connectivity index (χ4v) is 7.03. The van der Waals surface area contributed by atoms with Crippen molar-refractivity contribution in [3.63, 3.8) is 0 Å². The number of unbranched alkanes of at least 4 members (excludes halogenated alkanes) is 1. The average molecular weight is 920 g/mol. The molecule has 3 saturated heterocycles. The minimum absolute atomic E-state index is 0.0289. The number of carboxylic acid groups (broad SMARTS) is 1. The van der Waals surface area contributed by atoms with Crippen molar-refractivity contribution >= 4 is 53.2 Å². The first-order chi connectivity index (χ1) is 30.0. The number of nitrogens with one attached hydrogen (secondary N) is 6. The maximum atomic E-state index is 13.5. The number of amides is 8. The topological polar surface area (TPSA) is 431 Å². The van der Waals surface area contributed by atoms with Gasteiger partial charge < -0.3 is 93.2 Å². The summed E-state index contributed by atoms with van der Waals surface area (Å²) in [6, 6.07) is -7.72. The Hall–Kier alpha value is -5.13. The molecule has 64 heavy (non-hydrogen) atoms. The van der Waals surface area contributed by atoms with Gasteiger partial charge in [0, 0.05) is 26.8 Å². The van der Waals surface area contributed by atoms with Crippen LogP contribution in [0.25, 0.3) is 0 Å². The minimum Gasteiger partial charge on any atom is -0.480 e. The van der Waals surface area contributed by atoms with Crippen molar-refractivity contribution in [3.8, 4) is 0 Å². The van der Waals surface area contributed by atoms with Gasteiger partial charge in [-0.05, 0) is 39.5 Å². The van der Waals surface area contributed by atoms with E-state index >= 15 is 0 Å². The van der Waals surface area contributed by atoms with Crippen molar-refractivity contribution in [1.29, 1.82) is 0 Å². The number of nitrogens with two attached hydrogens (primary N) is 3. The molecule has 27 nitrogen and oxygen atoms in total. The molecule has 0 aromatic rings. The molecule has 362 valence electrons. The second kappa shape index (κ2) is 24.8. The van der Waals surface area contributed by atoms with Crippen molar-refractivity contribution in [2.75, 3.05) is 19.8 Å². The van der Waals surface area contributed by atoms with Gasteiger partial charge in [0.15, 0.2) is 12.6 Å². The Morgan fingerprint density at radius 2 is 1.45 bits per heavy atom. The summed E-state index contributed by atoms with van der Waals surface area (Å²) < 4.78 is 29.7. The fourth-order valence-electron chi connectivity index (χ4n) is 7.03. The summed E-state index contributed by atoms with van der Waals surface area (Å²) in [4.78, 5) is 111. The summed E-state index contributed by atoms with van der Waals surface area (Å²) in [5.41, 5.74) is 16.1. The number of aliphatic hydroxyl groups is 3. The molecule has 2 bridgehead atoms. The molecule has 0 saturated carbocycles. The van der Waals surface area contributed by atoms with Crippen LogP contribution in [-0.4, -0.2) is 185 Å². The van der Waals surface area contributed by atoms with Crippen LogP contribution in [0.15, 0.2) is 0 Å². The van der Waals surface area contributed by atoms with Gasteiger partial charge >= 0.3 is 5.97 Å². The lowest BCUT2D eigenvalue weighted by atomic mass is 9.95. The van der Waals surface area contributed by atoms with Crippen LogP contribution in [0.2, 0.25) is 0 Å². The predicted molar refractivity (Wildman–Crippen MR) is 213 cm³/mol. The van der Waals surface area contributed by atoms with Gasteiger partial charge in [-0.25, -0.2) is 4.79 Å². The number of carbonyl (C=O) groups excluding carboxylic acids is 8. The second-order valence-corrected chi connectivity index (χ2v) is 15.6. The first-order valence-electron chi connectivity index (χ1n) is 20.5. The van der Waals surface area contributed by atoms with Gasteiger partial charge in [-0.15, -0.1) is 0 Å². The van der Waals surface area contributed by atoms with Crippen LogP contribution in [0.5, 0.6) is 0 Å². The van der Waals surface area contributed by atoms with Crippen LogP contribution in [0.4, 0.5) is 0 Å². The Kier molecular flexibility index (Phi) is 20.6. The van der Waals surface area contributed by atoms with E-state index in [4.69, 9.17) is 40.9 Å². The van der Waals surface area contributed by atoms with E-state index in [0.717, 1.165) is 6.92 Å². The Morgan fingerprint density at radius 1 is 0.797 bits per heavy atom. The van der Waals surface area contributed by atoms with E-state index in [1.807, 2.05) is 0 Å². The maximum Gasteiger partial charge on any atom is 0.326 e. The van der Waals surface area contributed by atoms with Crippen LogP contribution in [-0.2, 0) is 66.8 Å². The van der Waals surface area contributed by atoms with Crippen molar-refractivity contribution in [2.24, 2.45) is 17.2 Å². The molecule has 3 aliphatic rings. The largest absolute Gasteiger partial charge is 0.480 e. The van der Waals surface area contributed by atoms with Crippen LogP contribution in [0, 0.1) is 0 Å². The highest BCUT2D eigenvalue weighted by Crippen LogP contribution is 2.35. The molecule has 16 N–H and O–H groups in total. The summed E-state index contributed by atoms with van der Waals surface area (Å²) in [6.45, 7) is 4.21. The van der Waals surface area contributed by atoms with E-state index in [2.05, 4.69) is 31.9 Å². The first kappa shape index (κ1) is 53.2. The normalized spacial score (nSPS) is 28.5. The summed E-state index contributed by atoms with van der Waals surface area (Å²) in [5.74, 6) is -7.46. The van der Waals surface area contributed by atoms with Crippen LogP contribution in [0.1, 0.15) is 66.2 Å². The summed E-state index contributed by atoms with van der Waals surface area (Å²) in [7, 11) is 0. The zero-order valence-electron chi connectivity index (χ0n) is 35.8. The lowest BCUT2D eigenvalue weighted by molar-refractivity contribution is -0.313. The smallest absolute Gasteiger partial charge is 0.326 e. The molecular formula is C37H61N9O18. The highest BCUT2D eigenvalue weighted by Gasteiger charge is 2.56. The molecular weight excluding hydrogens is 858 g/mol. The van der Waals surface area contributed by atoms with Gasteiger partial charge in [0.1, 0.15) is 72.9 Å². The van der Waals surface area contributed by atoms with Gasteiger partial charge in [0.05, 0.1) is 25.7 Å². The summed E-state index contributed by atoms with van der Waals surface area (Å²) in [6.07, 6.45) is -12.7. The first-order valence-corrected chi connectivity index (χ1v) is 20.5. The number of primary amides is 2. The molecule has 8 amide bonds. The monoisotopic (exact) mass is 919 g/mol. The summed E-state index contributed by atoms with van der Waals surface area (Å²) in [5, 5.41) is 55.4. The molecule has 27 heteroatoms. The van der Waals surface area contributed by atoms with E-state index in [1.54, 1.807) is 0 Å². The van der Waals surface area contributed by atoms with Crippen LogP contribution in [0.3, 0.4) is 0 Å². The highest BCUT2D eigenvalue weighted by molar-refractivity contribution is 5.92. The third-order valence-electron chi connectivity index (χ3n) is 10.4. The lowest BCUT2D eigenvalue weighted by Crippen LogP contribution is -2.68. The van der Waals surface area contributed by atoms with E-state index in [9.17, 15) is 63.6 Å². The number of fused-ring (bicyclic) bond motifs is 2. The number of rotatable bonds is 25. The third kappa shape index (κ3) is 15.5. The molecule has 3 aliphatic heterocycles. The van der Waals surface area contributed by atoms with Gasteiger partial charge in [-0.2, -0.15) is 0 Å². The standard InChI is InChI=1S/C37H61N9O18/c1-14(32(55)46-19(31(40)54)8-9-24(51)45-20(35(58)59)7-5-6-10-41-34(57)18(38)11-23(39)50)42-33(56)15(2)61-30-26(44-17(4)49)36-60-13-22(63-36)29(30)64-37-25(43-16(3)48)28(53)27(52)21(12-47)62-37/h14-15,18-22,25-30,36-37,47,52-53H,5-13,38H2,1-4H3,(H2,39,50)(H2,40,54)(H,41,57)(H,42,56)(H,43,48)(H,44,49)(H,45,51)(H,46,55)(H,58,59). The molecule has 0 radical (unpaired) electrons. The Morgan fingerprint density at radius 3 is 2.05 bits per heavy atom. The van der Waals surface area contributed by atoms with E-state index in [0.29, 0.717) is 6.42 Å². The zero-order valence-corrected chi connectivity index (χ0v) is 35.8. The van der Waals surface area contributed by atoms with E-state index in [-0.39, 0.29) is 38.8 Å². The van der Waals surface area contributed by atoms with Crippen molar-refractivity contribution < 1.29 is 87.3 Å². The molecule has 3 heterocycles. The van der Waals surface area contributed by atoms with E-state index in [1.165, 1.54) is 20.8 Å². The second-order valence-electron chi connectivity index (χ2n) is 15.6. The fraction of sp³-hybridized carbons (Fsp3) is 0.757. The predicted octanol–water partition coefficient (Wildman–Crippen LogP) is -7.34. The van der Waals surface area contributed by atoms with Crippen LogP contribution < -0.4 is 49.1 Å². The SMILES string of the molecule is CC(=O)NC1C(OC2C3COC(O3)C(NC(C)=O)C2OC(C)C(=O)NC(C)C(=O)NC(CCC(=O)NC(CCCCNC(=O)C(N)CC(N)=O)C(=O)O)C(N)=O)OC(CO)C(O)C1O. The zero-order chi connectivity index (χ0) is 48.0. The molecule has 3 rings (SSSR count). The minimum atomic E-state index is -1.67. The van der Waals surface area contributed by atoms with Gasteiger partial charge in [-0.3, -0.25) is 38.4 Å². The van der Waals surface area contributed by atoms with Crippen molar-refractivity contribution in [3.05, 3.63) is 0 Å². The molecule has 3 fully saturated rings. The van der Waals surface area contributed by atoms with Crippen molar-refractivity contribution in [2.45, 2.75) is 158 Å². The molecule has 0 aromatic heterocycles. The number of ether oxygens (including phenoxy) is 5. The molecule has 15 atom stereocenters. The molecule has 0 aliphatic carbocycles. The third-order valence-corrected chi connectivity index (χ3v) is 10.4. The van der Waals surface area contributed by atoms with Crippen molar-refractivity contribution in [1.82, 2.24) is 31.9 Å². The van der Waals surface area contributed by atoms with Gasteiger partial charge in [0.25, 0.3) is 0 Å².